The van der Waals surface area contributed by atoms with E-state index in [2.05, 4.69) is 121 Å². The summed E-state index contributed by atoms with van der Waals surface area (Å²) in [6, 6.07) is 23.4. The Bertz CT molecular complexity index is 498. The Morgan fingerprint density at radius 1 is 0.655 bits per heavy atom. The molecular formula is C24H43IrP3Si-. The molecule has 0 saturated heterocycles. The van der Waals surface area contributed by atoms with E-state index in [4.69, 9.17) is 0 Å². The molecule has 0 N–H and O–H groups in total. The molecule has 0 fully saturated rings. The van der Waals surface area contributed by atoms with E-state index in [0.29, 0.717) is 15.8 Å². The largest absolute Gasteiger partial charge is 0.346 e. The van der Waals surface area contributed by atoms with Gasteiger partial charge in [-0.15, -0.1) is 15.8 Å². The van der Waals surface area contributed by atoms with Gasteiger partial charge in [0.2, 0.25) is 0 Å². The van der Waals surface area contributed by atoms with Crippen molar-refractivity contribution in [3.05, 3.63) is 67.6 Å². The summed E-state index contributed by atoms with van der Waals surface area (Å²) in [5.41, 5.74) is 0. The smallest absolute Gasteiger partial charge is 0.0416 e. The van der Waals surface area contributed by atoms with Crippen LogP contribution in [-0.2, 0) is 20.1 Å². The van der Waals surface area contributed by atoms with E-state index in [-0.39, 0.29) is 36.8 Å². The van der Waals surface area contributed by atoms with Crippen molar-refractivity contribution in [1.82, 2.24) is 0 Å². The minimum Gasteiger partial charge on any atom is -0.346 e. The Hall–Kier alpha value is 0.596. The standard InChI is InChI=1S/C16H20PSi.2C3H9P.C2H5.Ir/c1-18(2)14-13-17(15-9-5-3-6-10-15)16-11-7-4-8-12-16;2*1-4(2)3;1-2;/h3-12H,13-14H2,1-2H3;2*1-3H3;1H2,2H3;/q;;;-1;. The van der Waals surface area contributed by atoms with Crippen molar-refractivity contribution in [1.29, 1.82) is 0 Å². The second kappa shape index (κ2) is 23.3. The average molecular weight is 645 g/mol. The van der Waals surface area contributed by atoms with Gasteiger partial charge < -0.3 is 6.92 Å². The van der Waals surface area contributed by atoms with E-state index in [1.807, 2.05) is 0 Å². The molecule has 0 amide bonds. The van der Waals surface area contributed by atoms with Crippen molar-refractivity contribution < 1.29 is 20.1 Å². The Morgan fingerprint density at radius 3 is 1.17 bits per heavy atom. The van der Waals surface area contributed by atoms with Gasteiger partial charge in [-0.2, -0.15) is 6.92 Å². The molecule has 29 heavy (non-hydrogen) atoms. The fraction of sp³-hybridized carbons (Fsp3) is 0.458. The summed E-state index contributed by atoms with van der Waals surface area (Å²) in [5.74, 6) is 0. The second-order valence-electron chi connectivity index (χ2n) is 7.46. The normalized spacial score (nSPS) is 9.59. The first kappa shape index (κ1) is 34.2. The Labute approximate surface area is 202 Å². The molecule has 2 rings (SSSR count). The van der Waals surface area contributed by atoms with Crippen LogP contribution in [0.2, 0.25) is 19.1 Å². The number of hydrogen-bond donors (Lipinski definition) is 0. The Balaban J connectivity index is -0.000000521. The van der Waals surface area contributed by atoms with E-state index in [1.165, 1.54) is 22.8 Å². The molecule has 2 aromatic carbocycles. The molecule has 0 aliphatic carbocycles. The molecule has 2 aromatic rings. The number of benzene rings is 2. The maximum atomic E-state index is 3.25. The summed E-state index contributed by atoms with van der Waals surface area (Å²) < 4.78 is 0. The van der Waals surface area contributed by atoms with Crippen molar-refractivity contribution in [2.75, 3.05) is 46.2 Å². The van der Waals surface area contributed by atoms with Crippen LogP contribution in [0.25, 0.3) is 0 Å². The van der Waals surface area contributed by atoms with Crippen LogP contribution >= 0.6 is 23.8 Å². The molecule has 0 aliphatic heterocycles. The third-order valence-electron chi connectivity index (χ3n) is 2.97. The van der Waals surface area contributed by atoms with Gasteiger partial charge in [0.05, 0.1) is 0 Å². The van der Waals surface area contributed by atoms with Crippen molar-refractivity contribution in [3.8, 4) is 0 Å². The summed E-state index contributed by atoms with van der Waals surface area (Å²) in [6.07, 6.45) is 1.34. The van der Waals surface area contributed by atoms with Crippen molar-refractivity contribution in [3.63, 3.8) is 0 Å². The van der Waals surface area contributed by atoms with Crippen LogP contribution < -0.4 is 10.6 Å². The molecule has 168 valence electrons. The number of rotatable bonds is 5. The van der Waals surface area contributed by atoms with E-state index in [0.717, 1.165) is 0 Å². The van der Waals surface area contributed by atoms with Crippen LogP contribution in [0.4, 0.5) is 0 Å². The maximum Gasteiger partial charge on any atom is 0.0416 e. The van der Waals surface area contributed by atoms with Gasteiger partial charge in [0.15, 0.2) is 0 Å². The molecule has 0 bridgehead atoms. The quantitative estimate of drug-likeness (QED) is 0.181. The molecule has 0 nitrogen and oxygen atoms in total. The zero-order valence-electron chi connectivity index (χ0n) is 20.1. The SMILES string of the molecule is CP(C)C.CP(C)C.C[Si](C)CCP(c1ccccc1)c1ccccc1.[CH2-]C.[Ir]. The van der Waals surface area contributed by atoms with Crippen LogP contribution in [0.1, 0.15) is 6.92 Å². The van der Waals surface area contributed by atoms with E-state index < -0.39 is 0 Å². The Morgan fingerprint density at radius 2 is 0.931 bits per heavy atom. The molecule has 0 aromatic heterocycles. The first-order valence-electron chi connectivity index (χ1n) is 9.83. The molecular weight excluding hydrogens is 601 g/mol. The minimum absolute atomic E-state index is 0. The molecule has 2 radical (unpaired) electrons. The maximum absolute atomic E-state index is 3.25. The van der Waals surface area contributed by atoms with Crippen LogP contribution in [0.15, 0.2) is 60.7 Å². The van der Waals surface area contributed by atoms with Gasteiger partial charge in [0.25, 0.3) is 0 Å². The summed E-state index contributed by atoms with van der Waals surface area (Å²) in [4.78, 5) is 0. The fourth-order valence-corrected chi connectivity index (χ4v) is 6.52. The van der Waals surface area contributed by atoms with Gasteiger partial charge in [-0.25, -0.2) is 0 Å². The van der Waals surface area contributed by atoms with Crippen LogP contribution in [0.3, 0.4) is 0 Å². The molecule has 0 spiro atoms. The summed E-state index contributed by atoms with van der Waals surface area (Å²) in [5, 5.41) is 3.03. The summed E-state index contributed by atoms with van der Waals surface area (Å²) in [7, 11) is 0.474. The minimum atomic E-state index is -0.158. The molecule has 0 unspecified atom stereocenters. The van der Waals surface area contributed by atoms with Gasteiger partial charge in [-0.1, -0.05) is 79.8 Å². The zero-order chi connectivity index (χ0) is 21.9. The van der Waals surface area contributed by atoms with Crippen molar-refractivity contribution >= 4 is 43.2 Å². The Kier molecular flexibility index (Phi) is 27.4. The van der Waals surface area contributed by atoms with E-state index in [1.54, 1.807) is 6.92 Å². The molecule has 5 heteroatoms. The van der Waals surface area contributed by atoms with Gasteiger partial charge >= 0.3 is 0 Å². The molecule has 0 heterocycles. The molecule has 0 atom stereocenters. The van der Waals surface area contributed by atoms with E-state index >= 15 is 0 Å². The van der Waals surface area contributed by atoms with Gasteiger partial charge in [0.1, 0.15) is 0 Å². The van der Waals surface area contributed by atoms with Crippen molar-refractivity contribution in [2.24, 2.45) is 0 Å². The van der Waals surface area contributed by atoms with Crippen molar-refractivity contribution in [2.45, 2.75) is 26.1 Å². The van der Waals surface area contributed by atoms with Gasteiger partial charge in [-0.05, 0) is 64.7 Å². The van der Waals surface area contributed by atoms with Crippen LogP contribution in [0, 0.1) is 6.92 Å². The first-order chi connectivity index (χ1) is 13.2. The topological polar surface area (TPSA) is 0 Å². The average Bonchev–Trinajstić information content (AvgIpc) is 2.64. The first-order valence-corrected chi connectivity index (χ1v) is 19.4. The molecule has 0 aliphatic rings. The monoisotopic (exact) mass is 645 g/mol. The summed E-state index contributed by atoms with van der Waals surface area (Å²) in [6.45, 7) is 23.2. The van der Waals surface area contributed by atoms with Crippen LogP contribution in [-0.4, -0.2) is 54.9 Å². The van der Waals surface area contributed by atoms with Gasteiger partial charge in [-0.3, -0.25) is 0 Å². The van der Waals surface area contributed by atoms with Crippen LogP contribution in [0.5, 0.6) is 0 Å². The second-order valence-corrected chi connectivity index (χ2v) is 18.1. The zero-order valence-corrected chi connectivity index (χ0v) is 26.1. The summed E-state index contributed by atoms with van der Waals surface area (Å²) >= 11 is 0. The van der Waals surface area contributed by atoms with E-state index in [9.17, 15) is 0 Å². The van der Waals surface area contributed by atoms with Gasteiger partial charge in [0, 0.05) is 28.9 Å². The molecule has 0 saturated carbocycles. The predicted octanol–water partition coefficient (Wildman–Crippen LogP) is 7.43. The predicted molar refractivity (Wildman–Crippen MR) is 147 cm³/mol. The third-order valence-corrected chi connectivity index (χ3v) is 7.16. The third kappa shape index (κ3) is 23.1. The fourth-order valence-electron chi connectivity index (χ4n) is 1.96. The number of hydrogen-bond acceptors (Lipinski definition) is 0.